The maximum absolute atomic E-state index is 14.3. The first-order valence-electron chi connectivity index (χ1n) is 12.8. The molecule has 0 radical (unpaired) electrons. The van der Waals surface area contributed by atoms with Gasteiger partial charge in [-0.25, -0.2) is 9.07 Å². The smallest absolute Gasteiger partial charge is 0.246 e. The van der Waals surface area contributed by atoms with Crippen LogP contribution in [0.5, 0.6) is 5.75 Å². The van der Waals surface area contributed by atoms with Crippen molar-refractivity contribution in [3.05, 3.63) is 41.5 Å². The summed E-state index contributed by atoms with van der Waals surface area (Å²) in [7, 11) is 0. The number of halogens is 1. The van der Waals surface area contributed by atoms with Crippen LogP contribution in [-0.4, -0.2) is 50.6 Å². The van der Waals surface area contributed by atoms with Gasteiger partial charge in [0.05, 0.1) is 30.6 Å². The van der Waals surface area contributed by atoms with Crippen LogP contribution in [0.15, 0.2) is 24.4 Å². The fourth-order valence-electron chi connectivity index (χ4n) is 4.42. The van der Waals surface area contributed by atoms with Crippen molar-refractivity contribution in [1.29, 1.82) is 0 Å². The third-order valence-electron chi connectivity index (χ3n) is 7.32. The number of benzene rings is 1. The molecule has 0 bridgehead atoms. The molecule has 1 saturated heterocycles. The lowest BCUT2D eigenvalue weighted by atomic mass is 9.90. The Labute approximate surface area is 210 Å². The molecule has 2 aromatic rings. The van der Waals surface area contributed by atoms with Crippen molar-refractivity contribution in [1.82, 2.24) is 25.6 Å². The first-order chi connectivity index (χ1) is 17.2. The number of aliphatic hydroxyl groups is 1. The Bertz CT molecular complexity index is 1090. The standard InChI is InChI=1S/C26H36FN5O4/c1-3-26(35,19-9-10-21(27)22(14-19)36-16-18-7-8-18)17-32-20(15-29-31-32)6-4-5-13-28-25(2)12-11-23(33)30-24(25)34/h9-10,14-15,18,28,35H,3-8,11-13,16-17H2,1-2H3,(H,30,33,34)/t25?,26-/m1/s1. The molecule has 0 spiro atoms. The summed E-state index contributed by atoms with van der Waals surface area (Å²) in [6, 6.07) is 4.54. The Balaban J connectivity index is 1.32. The van der Waals surface area contributed by atoms with Crippen molar-refractivity contribution in [2.75, 3.05) is 13.2 Å². The molecule has 1 saturated carbocycles. The summed E-state index contributed by atoms with van der Waals surface area (Å²) < 4.78 is 21.7. The lowest BCUT2D eigenvalue weighted by Crippen LogP contribution is -2.59. The number of unbranched alkanes of at least 4 members (excludes halogenated alkanes) is 1. The van der Waals surface area contributed by atoms with E-state index >= 15 is 0 Å². The predicted octanol–water partition coefficient (Wildman–Crippen LogP) is 2.61. The largest absolute Gasteiger partial charge is 0.490 e. The van der Waals surface area contributed by atoms with E-state index in [9.17, 15) is 19.1 Å². The summed E-state index contributed by atoms with van der Waals surface area (Å²) in [5.74, 6) is -0.268. The lowest BCUT2D eigenvalue weighted by molar-refractivity contribution is -0.138. The summed E-state index contributed by atoms with van der Waals surface area (Å²) in [4.78, 5) is 23.5. The van der Waals surface area contributed by atoms with E-state index in [2.05, 4.69) is 20.9 Å². The second-order valence-corrected chi connectivity index (χ2v) is 10.3. The molecule has 1 aromatic carbocycles. The molecule has 4 rings (SSSR count). The van der Waals surface area contributed by atoms with Gasteiger partial charge in [-0.05, 0) is 82.0 Å². The van der Waals surface area contributed by atoms with E-state index in [-0.39, 0.29) is 24.1 Å². The molecule has 1 aliphatic carbocycles. The molecule has 2 amide bonds. The normalized spacial score (nSPS) is 21.8. The number of hydrogen-bond acceptors (Lipinski definition) is 7. The summed E-state index contributed by atoms with van der Waals surface area (Å²) >= 11 is 0. The Kier molecular flexibility index (Phi) is 8.04. The van der Waals surface area contributed by atoms with E-state index in [1.54, 1.807) is 23.0 Å². The highest BCUT2D eigenvalue weighted by atomic mass is 19.1. The van der Waals surface area contributed by atoms with Gasteiger partial charge >= 0.3 is 0 Å². The first-order valence-corrected chi connectivity index (χ1v) is 12.8. The molecule has 1 unspecified atom stereocenters. The molecule has 2 aliphatic rings. The highest BCUT2D eigenvalue weighted by molar-refractivity contribution is 6.02. The zero-order chi connectivity index (χ0) is 25.8. The van der Waals surface area contributed by atoms with Gasteiger partial charge in [-0.15, -0.1) is 5.10 Å². The molecule has 1 aromatic heterocycles. The minimum atomic E-state index is -1.25. The number of hydrogen-bond donors (Lipinski definition) is 3. The second kappa shape index (κ2) is 11.0. The number of carbonyl (C=O) groups is 2. The van der Waals surface area contributed by atoms with E-state index in [1.807, 2.05) is 13.8 Å². The minimum absolute atomic E-state index is 0.169. The van der Waals surface area contributed by atoms with Gasteiger partial charge in [0.25, 0.3) is 0 Å². The molecule has 2 atom stereocenters. The average molecular weight is 502 g/mol. The van der Waals surface area contributed by atoms with Gasteiger partial charge in [0.15, 0.2) is 11.6 Å². The molecule has 9 nitrogen and oxygen atoms in total. The topological polar surface area (TPSA) is 118 Å². The van der Waals surface area contributed by atoms with Crippen molar-refractivity contribution in [2.45, 2.75) is 82.9 Å². The first kappa shape index (κ1) is 26.2. The maximum Gasteiger partial charge on any atom is 0.246 e. The van der Waals surface area contributed by atoms with Gasteiger partial charge in [-0.2, -0.15) is 0 Å². The zero-order valence-corrected chi connectivity index (χ0v) is 21.1. The lowest BCUT2D eigenvalue weighted by Gasteiger charge is -2.32. The van der Waals surface area contributed by atoms with Crippen LogP contribution in [0.3, 0.4) is 0 Å². The predicted molar refractivity (Wildman–Crippen MR) is 131 cm³/mol. The van der Waals surface area contributed by atoms with Crippen LogP contribution >= 0.6 is 0 Å². The van der Waals surface area contributed by atoms with E-state index in [4.69, 9.17) is 4.74 Å². The minimum Gasteiger partial charge on any atom is -0.490 e. The molecule has 3 N–H and O–H groups in total. The van der Waals surface area contributed by atoms with Gasteiger partial charge in [-0.3, -0.25) is 14.9 Å². The molecular formula is C26H36FN5O4. The number of nitrogens with zero attached hydrogens (tertiary/aromatic N) is 3. The molecule has 36 heavy (non-hydrogen) atoms. The fraction of sp³-hybridized carbons (Fsp3) is 0.615. The molecule has 10 heteroatoms. The third kappa shape index (κ3) is 6.28. The van der Waals surface area contributed by atoms with Crippen molar-refractivity contribution in [3.8, 4) is 5.75 Å². The molecule has 196 valence electrons. The van der Waals surface area contributed by atoms with Crippen molar-refractivity contribution < 1.29 is 23.8 Å². The van der Waals surface area contributed by atoms with Crippen LogP contribution in [0.25, 0.3) is 0 Å². The number of ether oxygens (including phenoxy) is 1. The van der Waals surface area contributed by atoms with Gasteiger partial charge < -0.3 is 15.2 Å². The molecule has 2 heterocycles. The van der Waals surface area contributed by atoms with E-state index in [0.717, 1.165) is 31.4 Å². The SMILES string of the molecule is CC[C@@](O)(Cn1nncc1CCCCNC1(C)CCC(=O)NC1=O)c1ccc(F)c(OCC2CC2)c1. The number of aromatic nitrogens is 3. The fourth-order valence-corrected chi connectivity index (χ4v) is 4.42. The van der Waals surface area contributed by atoms with Crippen molar-refractivity contribution in [3.63, 3.8) is 0 Å². The number of carbonyl (C=O) groups excluding carboxylic acids is 2. The Hall–Kier alpha value is -2.85. The van der Waals surface area contributed by atoms with Crippen LogP contribution in [-0.2, 0) is 28.2 Å². The number of imide groups is 1. The third-order valence-corrected chi connectivity index (χ3v) is 7.32. The number of aryl methyl sites for hydroxylation is 1. The van der Waals surface area contributed by atoms with Crippen molar-refractivity contribution in [2.24, 2.45) is 5.92 Å². The van der Waals surface area contributed by atoms with E-state index in [0.29, 0.717) is 50.3 Å². The van der Waals surface area contributed by atoms with Crippen LogP contribution in [0.4, 0.5) is 4.39 Å². The van der Waals surface area contributed by atoms with Gasteiger partial charge in [0.2, 0.25) is 11.8 Å². The Morgan fingerprint density at radius 2 is 2.14 bits per heavy atom. The Morgan fingerprint density at radius 1 is 1.33 bits per heavy atom. The molecular weight excluding hydrogens is 465 g/mol. The Morgan fingerprint density at radius 3 is 2.86 bits per heavy atom. The van der Waals surface area contributed by atoms with Crippen LogP contribution in [0, 0.1) is 11.7 Å². The molecule has 2 fully saturated rings. The van der Waals surface area contributed by atoms with E-state index < -0.39 is 17.0 Å². The number of nitrogens with one attached hydrogen (secondary N) is 2. The van der Waals surface area contributed by atoms with Gasteiger partial charge in [0.1, 0.15) is 5.60 Å². The summed E-state index contributed by atoms with van der Waals surface area (Å²) in [6.07, 6.45) is 7.50. The molecule has 1 aliphatic heterocycles. The van der Waals surface area contributed by atoms with Crippen LogP contribution < -0.4 is 15.4 Å². The number of rotatable bonds is 13. The van der Waals surface area contributed by atoms with Crippen LogP contribution in [0.1, 0.15) is 70.1 Å². The number of amides is 2. The highest BCUT2D eigenvalue weighted by Gasteiger charge is 2.37. The summed E-state index contributed by atoms with van der Waals surface area (Å²) in [5.41, 5.74) is -0.511. The second-order valence-electron chi connectivity index (χ2n) is 10.3. The highest BCUT2D eigenvalue weighted by Crippen LogP contribution is 2.33. The summed E-state index contributed by atoms with van der Waals surface area (Å²) in [6.45, 7) is 5.02. The van der Waals surface area contributed by atoms with E-state index in [1.165, 1.54) is 6.07 Å². The summed E-state index contributed by atoms with van der Waals surface area (Å²) in [5, 5.41) is 25.4. The quantitative estimate of drug-likeness (QED) is 0.285. The number of piperidine rings is 1. The zero-order valence-electron chi connectivity index (χ0n) is 21.1. The van der Waals surface area contributed by atoms with Gasteiger partial charge in [0, 0.05) is 6.42 Å². The van der Waals surface area contributed by atoms with Gasteiger partial charge in [-0.1, -0.05) is 18.2 Å². The monoisotopic (exact) mass is 501 g/mol. The average Bonchev–Trinajstić information content (AvgIpc) is 3.59. The maximum atomic E-state index is 14.3. The van der Waals surface area contributed by atoms with Crippen molar-refractivity contribution >= 4 is 11.8 Å². The van der Waals surface area contributed by atoms with Crippen LogP contribution in [0.2, 0.25) is 0 Å².